The van der Waals surface area contributed by atoms with E-state index in [0.29, 0.717) is 25.2 Å². The Morgan fingerprint density at radius 2 is 1.92 bits per heavy atom. The third-order valence-electron chi connectivity index (χ3n) is 4.40. The molecule has 2 N–H and O–H groups in total. The Morgan fingerprint density at radius 1 is 1.21 bits per heavy atom. The lowest BCUT2D eigenvalue weighted by molar-refractivity contribution is 0.346. The number of nitrogens with one attached hydrogen (secondary N) is 2. The molecule has 1 unspecified atom stereocenters. The van der Waals surface area contributed by atoms with Crippen LogP contribution >= 0.6 is 0 Å². The van der Waals surface area contributed by atoms with Crippen molar-refractivity contribution in [1.29, 1.82) is 0 Å². The lowest BCUT2D eigenvalue weighted by Crippen LogP contribution is -2.44. The second kappa shape index (κ2) is 6.62. The molecule has 2 aliphatic heterocycles. The first-order chi connectivity index (χ1) is 11.3. The van der Waals surface area contributed by atoms with Crippen LogP contribution in [0.5, 0.6) is 0 Å². The molecule has 0 amide bonds. The van der Waals surface area contributed by atoms with Crippen molar-refractivity contribution >= 4 is 25.7 Å². The maximum absolute atomic E-state index is 12.7. The van der Waals surface area contributed by atoms with Crippen molar-refractivity contribution in [3.8, 4) is 0 Å². The van der Waals surface area contributed by atoms with Crippen LogP contribution in [0.15, 0.2) is 28.0 Å². The van der Waals surface area contributed by atoms with E-state index in [4.69, 9.17) is 0 Å². The molecule has 1 atom stereocenters. The van der Waals surface area contributed by atoms with Crippen LogP contribution in [0.3, 0.4) is 0 Å². The van der Waals surface area contributed by atoms with Gasteiger partial charge in [-0.25, -0.2) is 16.8 Å². The minimum atomic E-state index is -3.72. The minimum Gasteiger partial charge on any atom is -0.368 e. The van der Waals surface area contributed by atoms with Crippen molar-refractivity contribution in [2.75, 3.05) is 18.4 Å². The highest BCUT2D eigenvalue weighted by Crippen LogP contribution is 2.31. The predicted molar refractivity (Wildman–Crippen MR) is 91.7 cm³/mol. The molecular formula is C15H23N3O4S2. The van der Waals surface area contributed by atoms with E-state index in [1.54, 1.807) is 6.07 Å². The summed E-state index contributed by atoms with van der Waals surface area (Å²) in [6, 6.07) is 4.30. The van der Waals surface area contributed by atoms with Gasteiger partial charge in [0.1, 0.15) is 4.90 Å². The molecule has 2 heterocycles. The molecule has 0 radical (unpaired) electrons. The van der Waals surface area contributed by atoms with Gasteiger partial charge in [-0.05, 0) is 37.5 Å². The molecule has 2 aliphatic rings. The number of nitrogens with zero attached hydrogens (tertiary/aromatic N) is 1. The molecule has 0 aliphatic carbocycles. The van der Waals surface area contributed by atoms with Crippen molar-refractivity contribution in [2.24, 2.45) is 0 Å². The quantitative estimate of drug-likeness (QED) is 0.837. The van der Waals surface area contributed by atoms with E-state index in [0.717, 1.165) is 25.7 Å². The molecule has 7 nitrogen and oxygen atoms in total. The SMILES string of the molecule is CCCC1Nc2ccc(S(=O)(=O)N3CCCCC3)cc2S(=O)(=O)N1. The summed E-state index contributed by atoms with van der Waals surface area (Å²) in [7, 11) is -7.38. The highest BCUT2D eigenvalue weighted by atomic mass is 32.2. The van der Waals surface area contributed by atoms with Crippen LogP contribution in [0.4, 0.5) is 5.69 Å². The van der Waals surface area contributed by atoms with Gasteiger partial charge in [-0.1, -0.05) is 19.8 Å². The van der Waals surface area contributed by atoms with Crippen LogP contribution in [-0.2, 0) is 20.0 Å². The molecular weight excluding hydrogens is 350 g/mol. The number of rotatable bonds is 4. The molecule has 1 aromatic rings. The van der Waals surface area contributed by atoms with Gasteiger partial charge >= 0.3 is 0 Å². The van der Waals surface area contributed by atoms with Gasteiger partial charge in [0.05, 0.1) is 16.7 Å². The number of anilines is 1. The zero-order valence-corrected chi connectivity index (χ0v) is 15.3. The van der Waals surface area contributed by atoms with Gasteiger partial charge in [-0.3, -0.25) is 0 Å². The minimum absolute atomic E-state index is 0.00654. The Kier molecular flexibility index (Phi) is 4.87. The number of fused-ring (bicyclic) bond motifs is 1. The van der Waals surface area contributed by atoms with Gasteiger partial charge in [-0.15, -0.1) is 0 Å². The molecule has 24 heavy (non-hydrogen) atoms. The van der Waals surface area contributed by atoms with E-state index < -0.39 is 20.0 Å². The number of hydrogen-bond donors (Lipinski definition) is 2. The average molecular weight is 374 g/mol. The number of benzene rings is 1. The summed E-state index contributed by atoms with van der Waals surface area (Å²) in [5.74, 6) is 0. The molecule has 0 aromatic heterocycles. The Morgan fingerprint density at radius 3 is 2.58 bits per heavy atom. The second-order valence-electron chi connectivity index (χ2n) is 6.23. The smallest absolute Gasteiger partial charge is 0.244 e. The highest BCUT2D eigenvalue weighted by Gasteiger charge is 2.32. The van der Waals surface area contributed by atoms with Crippen molar-refractivity contribution < 1.29 is 16.8 Å². The fourth-order valence-electron chi connectivity index (χ4n) is 3.15. The fraction of sp³-hybridized carbons (Fsp3) is 0.600. The molecule has 0 saturated carbocycles. The maximum Gasteiger partial charge on any atom is 0.244 e. The lowest BCUT2D eigenvalue weighted by Gasteiger charge is -2.29. The van der Waals surface area contributed by atoms with E-state index in [-0.39, 0.29) is 16.0 Å². The summed E-state index contributed by atoms with van der Waals surface area (Å²) < 4.78 is 54.4. The number of sulfonamides is 2. The van der Waals surface area contributed by atoms with Crippen molar-refractivity contribution in [3.05, 3.63) is 18.2 Å². The highest BCUT2D eigenvalue weighted by molar-refractivity contribution is 7.90. The number of hydrogen-bond acceptors (Lipinski definition) is 5. The van der Waals surface area contributed by atoms with Crippen LogP contribution < -0.4 is 10.0 Å². The zero-order valence-electron chi connectivity index (χ0n) is 13.7. The van der Waals surface area contributed by atoms with Crippen molar-refractivity contribution in [1.82, 2.24) is 9.03 Å². The van der Waals surface area contributed by atoms with Gasteiger partial charge in [0.25, 0.3) is 0 Å². The molecule has 1 aromatic carbocycles. The molecule has 0 spiro atoms. The van der Waals surface area contributed by atoms with Gasteiger partial charge in [0.2, 0.25) is 20.0 Å². The molecule has 9 heteroatoms. The molecule has 3 rings (SSSR count). The normalized spacial score (nSPS) is 24.1. The third kappa shape index (κ3) is 3.30. The summed E-state index contributed by atoms with van der Waals surface area (Å²) >= 11 is 0. The lowest BCUT2D eigenvalue weighted by atomic mass is 10.2. The second-order valence-corrected chi connectivity index (χ2v) is 9.85. The third-order valence-corrected chi connectivity index (χ3v) is 7.81. The Labute approximate surface area is 143 Å². The first-order valence-electron chi connectivity index (χ1n) is 8.27. The topological polar surface area (TPSA) is 95.6 Å². The summed E-state index contributed by atoms with van der Waals surface area (Å²) in [5, 5.41) is 3.11. The van der Waals surface area contributed by atoms with Crippen LogP contribution in [0.1, 0.15) is 39.0 Å². The first kappa shape index (κ1) is 17.7. The van der Waals surface area contributed by atoms with Crippen LogP contribution in [0, 0.1) is 0 Å². The van der Waals surface area contributed by atoms with Gasteiger partial charge in [-0.2, -0.15) is 9.03 Å². The zero-order chi connectivity index (χ0) is 17.4. The Balaban J connectivity index is 1.97. The van der Waals surface area contributed by atoms with Gasteiger partial charge in [0, 0.05) is 13.1 Å². The summed E-state index contributed by atoms with van der Waals surface area (Å²) in [5.41, 5.74) is 0.449. The standard InChI is InChI=1S/C15H23N3O4S2/c1-2-6-15-16-13-8-7-12(11-14(13)23(19,20)17-15)24(21,22)18-9-4-3-5-10-18/h7-8,11,15-17H,2-6,9-10H2,1H3. The van der Waals surface area contributed by atoms with E-state index >= 15 is 0 Å². The van der Waals surface area contributed by atoms with E-state index in [2.05, 4.69) is 10.0 Å². The first-order valence-corrected chi connectivity index (χ1v) is 11.2. The van der Waals surface area contributed by atoms with Crippen LogP contribution in [0.2, 0.25) is 0 Å². The molecule has 0 bridgehead atoms. The largest absolute Gasteiger partial charge is 0.368 e. The molecule has 1 fully saturated rings. The van der Waals surface area contributed by atoms with Crippen molar-refractivity contribution in [3.63, 3.8) is 0 Å². The van der Waals surface area contributed by atoms with Gasteiger partial charge in [0.15, 0.2) is 0 Å². The summed E-state index contributed by atoms with van der Waals surface area (Å²) in [6.07, 6.45) is 3.83. The summed E-state index contributed by atoms with van der Waals surface area (Å²) in [4.78, 5) is 0.0252. The molecule has 1 saturated heterocycles. The van der Waals surface area contributed by atoms with Gasteiger partial charge < -0.3 is 5.32 Å². The fourth-order valence-corrected chi connectivity index (χ4v) is 6.14. The van der Waals surface area contributed by atoms with E-state index in [9.17, 15) is 16.8 Å². The van der Waals surface area contributed by atoms with E-state index in [1.165, 1.54) is 16.4 Å². The Hall–Kier alpha value is -1.16. The number of piperidine rings is 1. The Bertz CT molecular complexity index is 815. The average Bonchev–Trinajstić information content (AvgIpc) is 2.55. The monoisotopic (exact) mass is 373 g/mol. The summed E-state index contributed by atoms with van der Waals surface area (Å²) in [6.45, 7) is 2.95. The van der Waals surface area contributed by atoms with Crippen LogP contribution in [-0.4, -0.2) is 40.4 Å². The van der Waals surface area contributed by atoms with Crippen LogP contribution in [0.25, 0.3) is 0 Å². The van der Waals surface area contributed by atoms with Crippen molar-refractivity contribution in [2.45, 2.75) is 55.0 Å². The van der Waals surface area contributed by atoms with E-state index in [1.807, 2.05) is 6.92 Å². The maximum atomic E-state index is 12.7. The predicted octanol–water partition coefficient (Wildman–Crippen LogP) is 1.69. The molecule has 134 valence electrons.